The van der Waals surface area contributed by atoms with Crippen LogP contribution >= 0.6 is 15.9 Å². The van der Waals surface area contributed by atoms with Crippen molar-refractivity contribution >= 4 is 21.7 Å². The van der Waals surface area contributed by atoms with Crippen LogP contribution in [-0.2, 0) is 6.61 Å². The highest BCUT2D eigenvalue weighted by atomic mass is 79.9. The molecular formula is C11H17BrN2O2. The van der Waals surface area contributed by atoms with E-state index in [-0.39, 0.29) is 12.7 Å². The van der Waals surface area contributed by atoms with Crippen LogP contribution in [0.2, 0.25) is 0 Å². The molecule has 2 N–H and O–H groups in total. The van der Waals surface area contributed by atoms with Gasteiger partial charge in [0.05, 0.1) is 12.7 Å². The topological polar surface area (TPSA) is 56.6 Å². The van der Waals surface area contributed by atoms with Crippen LogP contribution in [0.15, 0.2) is 16.7 Å². The van der Waals surface area contributed by atoms with Crippen LogP contribution in [-0.4, -0.2) is 34.9 Å². The van der Waals surface area contributed by atoms with Gasteiger partial charge in [-0.15, -0.1) is 0 Å². The molecule has 1 rings (SSSR count). The second-order valence-electron chi connectivity index (χ2n) is 3.85. The highest BCUT2D eigenvalue weighted by Crippen LogP contribution is 2.20. The van der Waals surface area contributed by atoms with Crippen molar-refractivity contribution in [3.05, 3.63) is 22.3 Å². The van der Waals surface area contributed by atoms with E-state index in [1.54, 1.807) is 13.1 Å². The number of rotatable bonds is 5. The Balaban J connectivity index is 2.77. The number of halogens is 1. The summed E-state index contributed by atoms with van der Waals surface area (Å²) in [6.07, 6.45) is 2.06. The zero-order valence-electron chi connectivity index (χ0n) is 9.52. The van der Waals surface area contributed by atoms with E-state index in [9.17, 15) is 10.2 Å². The summed E-state index contributed by atoms with van der Waals surface area (Å²) in [5, 5.41) is 18.4. The summed E-state index contributed by atoms with van der Waals surface area (Å²) in [6, 6.07) is 1.85. The van der Waals surface area contributed by atoms with Crippen molar-refractivity contribution in [1.82, 2.24) is 4.98 Å². The van der Waals surface area contributed by atoms with Crippen molar-refractivity contribution in [2.75, 3.05) is 18.5 Å². The van der Waals surface area contributed by atoms with Crippen LogP contribution in [0.1, 0.15) is 18.9 Å². The molecule has 0 fully saturated rings. The van der Waals surface area contributed by atoms with E-state index in [2.05, 4.69) is 20.9 Å². The molecule has 1 aromatic heterocycles. The lowest BCUT2D eigenvalue weighted by Crippen LogP contribution is -2.24. The van der Waals surface area contributed by atoms with Gasteiger partial charge >= 0.3 is 0 Å². The predicted molar refractivity (Wildman–Crippen MR) is 67.4 cm³/mol. The van der Waals surface area contributed by atoms with Crippen molar-refractivity contribution in [1.29, 1.82) is 0 Å². The summed E-state index contributed by atoms with van der Waals surface area (Å²) in [5.41, 5.74) is 0.780. The maximum atomic E-state index is 9.23. The van der Waals surface area contributed by atoms with Gasteiger partial charge in [0.25, 0.3) is 0 Å². The van der Waals surface area contributed by atoms with Crippen LogP contribution in [0.25, 0.3) is 0 Å². The maximum absolute atomic E-state index is 9.23. The molecule has 1 unspecified atom stereocenters. The van der Waals surface area contributed by atoms with E-state index in [0.29, 0.717) is 13.0 Å². The lowest BCUT2D eigenvalue weighted by molar-refractivity contribution is 0.186. The van der Waals surface area contributed by atoms with Crippen molar-refractivity contribution in [2.24, 2.45) is 0 Å². The van der Waals surface area contributed by atoms with Crippen molar-refractivity contribution in [2.45, 2.75) is 26.1 Å². The summed E-state index contributed by atoms with van der Waals surface area (Å²) in [7, 11) is 1.90. The molecular weight excluding hydrogens is 272 g/mol. The molecule has 0 aliphatic heterocycles. The Morgan fingerprint density at radius 3 is 2.81 bits per heavy atom. The molecule has 0 bridgehead atoms. The van der Waals surface area contributed by atoms with Gasteiger partial charge in [0.15, 0.2) is 0 Å². The van der Waals surface area contributed by atoms with Crippen LogP contribution in [0.4, 0.5) is 5.82 Å². The van der Waals surface area contributed by atoms with Gasteiger partial charge in [-0.2, -0.15) is 0 Å². The van der Waals surface area contributed by atoms with Gasteiger partial charge in [-0.25, -0.2) is 4.98 Å². The molecule has 1 aromatic rings. The summed E-state index contributed by atoms with van der Waals surface area (Å²) in [4.78, 5) is 6.20. The lowest BCUT2D eigenvalue weighted by atomic mass is 10.2. The monoisotopic (exact) mass is 288 g/mol. The molecule has 0 saturated heterocycles. The molecule has 0 radical (unpaired) electrons. The number of aromatic nitrogens is 1. The third kappa shape index (κ3) is 3.73. The average Bonchev–Trinajstić information content (AvgIpc) is 2.25. The third-order valence-electron chi connectivity index (χ3n) is 2.32. The Morgan fingerprint density at radius 1 is 1.56 bits per heavy atom. The molecule has 5 heteroatoms. The molecule has 16 heavy (non-hydrogen) atoms. The van der Waals surface area contributed by atoms with E-state index < -0.39 is 0 Å². The Hall–Kier alpha value is -0.650. The number of hydrogen-bond donors (Lipinski definition) is 2. The molecule has 0 saturated carbocycles. The molecule has 0 amide bonds. The molecule has 1 atom stereocenters. The van der Waals surface area contributed by atoms with Gasteiger partial charge in [0.1, 0.15) is 5.82 Å². The molecule has 0 aromatic carbocycles. The minimum absolute atomic E-state index is 0.0409. The summed E-state index contributed by atoms with van der Waals surface area (Å²) in [6.45, 7) is 2.43. The molecule has 0 aliphatic rings. The van der Waals surface area contributed by atoms with Crippen molar-refractivity contribution < 1.29 is 10.2 Å². The number of nitrogens with zero attached hydrogens (tertiary/aromatic N) is 2. The van der Waals surface area contributed by atoms with E-state index in [1.807, 2.05) is 18.0 Å². The zero-order valence-corrected chi connectivity index (χ0v) is 11.1. The second-order valence-corrected chi connectivity index (χ2v) is 4.77. The van der Waals surface area contributed by atoms with Crippen LogP contribution in [0, 0.1) is 0 Å². The number of hydrogen-bond acceptors (Lipinski definition) is 4. The van der Waals surface area contributed by atoms with Gasteiger partial charge < -0.3 is 15.1 Å². The highest BCUT2D eigenvalue weighted by Gasteiger charge is 2.09. The number of anilines is 1. The van der Waals surface area contributed by atoms with Gasteiger partial charge in [0, 0.05) is 29.8 Å². The van der Waals surface area contributed by atoms with Gasteiger partial charge in [0.2, 0.25) is 0 Å². The van der Waals surface area contributed by atoms with E-state index in [4.69, 9.17) is 0 Å². The van der Waals surface area contributed by atoms with E-state index in [0.717, 1.165) is 15.9 Å². The van der Waals surface area contributed by atoms with E-state index >= 15 is 0 Å². The lowest BCUT2D eigenvalue weighted by Gasteiger charge is -2.21. The standard InChI is InChI=1S/C11H17BrN2O2/c1-8(16)3-4-14(2)11-9(7-15)5-10(12)6-13-11/h5-6,8,15-16H,3-4,7H2,1-2H3. The maximum Gasteiger partial charge on any atom is 0.133 e. The van der Waals surface area contributed by atoms with Crippen LogP contribution in [0.5, 0.6) is 0 Å². The Morgan fingerprint density at radius 2 is 2.25 bits per heavy atom. The Labute approximate surface area is 104 Å². The average molecular weight is 289 g/mol. The van der Waals surface area contributed by atoms with Crippen LogP contribution < -0.4 is 4.90 Å². The first-order valence-corrected chi connectivity index (χ1v) is 5.98. The molecule has 0 aliphatic carbocycles. The fourth-order valence-electron chi connectivity index (χ4n) is 1.42. The fraction of sp³-hybridized carbons (Fsp3) is 0.545. The zero-order chi connectivity index (χ0) is 12.1. The summed E-state index contributed by atoms with van der Waals surface area (Å²) >= 11 is 3.32. The van der Waals surface area contributed by atoms with Crippen molar-refractivity contribution in [3.63, 3.8) is 0 Å². The van der Waals surface area contributed by atoms with Crippen molar-refractivity contribution in [3.8, 4) is 0 Å². The smallest absolute Gasteiger partial charge is 0.133 e. The Bertz CT molecular complexity index is 345. The number of aliphatic hydroxyl groups is 2. The molecule has 90 valence electrons. The van der Waals surface area contributed by atoms with Gasteiger partial charge in [-0.05, 0) is 35.3 Å². The molecule has 0 spiro atoms. The molecule has 1 heterocycles. The fourth-order valence-corrected chi connectivity index (χ4v) is 1.80. The minimum atomic E-state index is -0.324. The third-order valence-corrected chi connectivity index (χ3v) is 2.76. The van der Waals surface area contributed by atoms with E-state index in [1.165, 1.54) is 0 Å². The highest BCUT2D eigenvalue weighted by molar-refractivity contribution is 9.10. The first-order chi connectivity index (χ1) is 7.54. The summed E-state index contributed by atoms with van der Waals surface area (Å²) < 4.78 is 0.851. The van der Waals surface area contributed by atoms with Gasteiger partial charge in [-0.3, -0.25) is 0 Å². The first kappa shape index (κ1) is 13.4. The second kappa shape index (κ2) is 6.18. The number of pyridine rings is 1. The normalized spacial score (nSPS) is 12.6. The molecule has 4 nitrogen and oxygen atoms in total. The quantitative estimate of drug-likeness (QED) is 0.863. The largest absolute Gasteiger partial charge is 0.393 e. The Kier molecular flexibility index (Phi) is 5.18. The van der Waals surface area contributed by atoms with Crippen LogP contribution in [0.3, 0.4) is 0 Å². The number of aliphatic hydroxyl groups excluding tert-OH is 2. The summed E-state index contributed by atoms with van der Waals surface area (Å²) in [5.74, 6) is 0.756. The SMILES string of the molecule is CC(O)CCN(C)c1ncc(Br)cc1CO. The predicted octanol–water partition coefficient (Wildman–Crippen LogP) is 1.54. The minimum Gasteiger partial charge on any atom is -0.393 e. The first-order valence-electron chi connectivity index (χ1n) is 5.19. The van der Waals surface area contributed by atoms with Gasteiger partial charge in [-0.1, -0.05) is 0 Å².